The molecule has 0 saturated carbocycles. The lowest BCUT2D eigenvalue weighted by Crippen LogP contribution is -2.27. The van der Waals surface area contributed by atoms with Gasteiger partial charge in [-0.1, -0.05) is 11.6 Å². The average molecular weight is 377 g/mol. The summed E-state index contributed by atoms with van der Waals surface area (Å²) < 4.78 is 10.9. The zero-order chi connectivity index (χ0) is 17.6. The molecule has 0 bridgehead atoms. The number of amides is 1. The van der Waals surface area contributed by atoms with Gasteiger partial charge in [-0.2, -0.15) is 0 Å². The number of carbonyl (C=O) groups is 1. The molecule has 7 heteroatoms. The van der Waals surface area contributed by atoms with Crippen molar-refractivity contribution in [2.45, 2.75) is 19.6 Å². The van der Waals surface area contributed by atoms with E-state index in [9.17, 15) is 4.79 Å². The van der Waals surface area contributed by atoms with Crippen LogP contribution in [0, 0.1) is 0 Å². The van der Waals surface area contributed by atoms with Crippen molar-refractivity contribution in [1.29, 1.82) is 0 Å². The monoisotopic (exact) mass is 376 g/mol. The average Bonchev–Trinajstić information content (AvgIpc) is 3.26. The summed E-state index contributed by atoms with van der Waals surface area (Å²) in [5.41, 5.74) is 0.746. The largest absolute Gasteiger partial charge is 0.486 e. The molecule has 0 aliphatic rings. The summed E-state index contributed by atoms with van der Waals surface area (Å²) in [5, 5.41) is 3.38. The zero-order valence-corrected chi connectivity index (χ0v) is 15.2. The van der Waals surface area contributed by atoms with Crippen molar-refractivity contribution in [3.8, 4) is 5.75 Å². The van der Waals surface area contributed by atoms with Crippen molar-refractivity contribution in [2.75, 3.05) is 7.05 Å². The number of rotatable bonds is 7. The molecule has 0 aliphatic heterocycles. The minimum Gasteiger partial charge on any atom is -0.486 e. The Morgan fingerprint density at radius 3 is 2.84 bits per heavy atom. The van der Waals surface area contributed by atoms with Crippen LogP contribution in [-0.2, 0) is 24.4 Å². The number of ether oxygens (including phenoxy) is 1. The Bertz CT molecular complexity index is 815. The molecule has 0 fully saturated rings. The van der Waals surface area contributed by atoms with Gasteiger partial charge in [0.2, 0.25) is 5.91 Å². The number of hydrogen-bond donors (Lipinski definition) is 0. The van der Waals surface area contributed by atoms with Crippen LogP contribution >= 0.6 is 22.9 Å². The molecule has 1 aromatic carbocycles. The number of likely N-dealkylation sites (N-methyl/N-ethyl adjacent to an activating group) is 1. The standard InChI is InChI=1S/C18H17ClN2O3S/c1-21(10-16-3-2-8-23-16)18(22)9-14-12-25-17(20-14)11-24-15-6-4-13(19)5-7-15/h2-8,12H,9-11H2,1H3. The van der Waals surface area contributed by atoms with E-state index in [2.05, 4.69) is 4.98 Å². The molecule has 2 heterocycles. The van der Waals surface area contributed by atoms with Gasteiger partial charge in [-0.25, -0.2) is 4.98 Å². The van der Waals surface area contributed by atoms with Crippen LogP contribution in [0.3, 0.4) is 0 Å². The SMILES string of the molecule is CN(Cc1ccco1)C(=O)Cc1csc(COc2ccc(Cl)cc2)n1. The zero-order valence-electron chi connectivity index (χ0n) is 13.6. The molecule has 25 heavy (non-hydrogen) atoms. The number of thiazole rings is 1. The van der Waals surface area contributed by atoms with Gasteiger partial charge in [0.15, 0.2) is 0 Å². The van der Waals surface area contributed by atoms with E-state index in [0.29, 0.717) is 18.2 Å². The molecule has 3 aromatic rings. The Hall–Kier alpha value is -2.31. The van der Waals surface area contributed by atoms with Gasteiger partial charge in [-0.3, -0.25) is 4.79 Å². The highest BCUT2D eigenvalue weighted by molar-refractivity contribution is 7.09. The predicted molar refractivity (Wildman–Crippen MR) is 96.8 cm³/mol. The van der Waals surface area contributed by atoms with Crippen LogP contribution in [0.4, 0.5) is 0 Å². The first-order valence-corrected chi connectivity index (χ1v) is 8.94. The van der Waals surface area contributed by atoms with Gasteiger partial charge >= 0.3 is 0 Å². The van der Waals surface area contributed by atoms with E-state index in [1.807, 2.05) is 23.6 Å². The predicted octanol–water partition coefficient (Wildman–Crippen LogP) is 4.17. The Kier molecular flexibility index (Phi) is 5.73. The Balaban J connectivity index is 1.50. The fourth-order valence-corrected chi connectivity index (χ4v) is 3.02. The fraction of sp³-hybridized carbons (Fsp3) is 0.222. The van der Waals surface area contributed by atoms with Gasteiger partial charge < -0.3 is 14.1 Å². The Morgan fingerprint density at radius 2 is 2.12 bits per heavy atom. The van der Waals surface area contributed by atoms with Gasteiger partial charge in [0, 0.05) is 17.5 Å². The van der Waals surface area contributed by atoms with Crippen molar-refractivity contribution in [3.05, 3.63) is 69.5 Å². The lowest BCUT2D eigenvalue weighted by atomic mass is 10.3. The van der Waals surface area contributed by atoms with Gasteiger partial charge in [0.1, 0.15) is 23.1 Å². The van der Waals surface area contributed by atoms with Crippen LogP contribution in [0.2, 0.25) is 5.02 Å². The van der Waals surface area contributed by atoms with Gasteiger partial charge in [-0.05, 0) is 36.4 Å². The molecular weight excluding hydrogens is 360 g/mol. The highest BCUT2D eigenvalue weighted by Crippen LogP contribution is 2.18. The number of aromatic nitrogens is 1. The van der Waals surface area contributed by atoms with Gasteiger partial charge in [0.05, 0.1) is 24.9 Å². The minimum absolute atomic E-state index is 0.00753. The molecule has 0 radical (unpaired) electrons. The van der Waals surface area contributed by atoms with Crippen LogP contribution in [0.15, 0.2) is 52.5 Å². The summed E-state index contributed by atoms with van der Waals surface area (Å²) in [5.74, 6) is 1.48. The minimum atomic E-state index is -0.00753. The normalized spacial score (nSPS) is 10.6. The maximum atomic E-state index is 12.3. The van der Waals surface area contributed by atoms with E-state index in [1.165, 1.54) is 11.3 Å². The molecular formula is C18H17ClN2O3S. The van der Waals surface area contributed by atoms with Crippen molar-refractivity contribution < 1.29 is 13.9 Å². The summed E-state index contributed by atoms with van der Waals surface area (Å²) in [6.45, 7) is 0.811. The van der Waals surface area contributed by atoms with Crippen LogP contribution in [0.1, 0.15) is 16.5 Å². The molecule has 0 N–H and O–H groups in total. The quantitative estimate of drug-likeness (QED) is 0.621. The second kappa shape index (κ2) is 8.18. The molecule has 2 aromatic heterocycles. The second-order valence-electron chi connectivity index (χ2n) is 5.48. The second-order valence-corrected chi connectivity index (χ2v) is 6.86. The van der Waals surface area contributed by atoms with E-state index >= 15 is 0 Å². The first kappa shape index (κ1) is 17.5. The van der Waals surface area contributed by atoms with Crippen molar-refractivity contribution in [3.63, 3.8) is 0 Å². The summed E-state index contributed by atoms with van der Waals surface area (Å²) in [6.07, 6.45) is 1.86. The summed E-state index contributed by atoms with van der Waals surface area (Å²) in [7, 11) is 1.75. The van der Waals surface area contributed by atoms with Gasteiger partial charge in [0.25, 0.3) is 0 Å². The van der Waals surface area contributed by atoms with Crippen molar-refractivity contribution in [1.82, 2.24) is 9.88 Å². The highest BCUT2D eigenvalue weighted by Gasteiger charge is 2.14. The number of hydrogen-bond acceptors (Lipinski definition) is 5. The third-order valence-corrected chi connectivity index (χ3v) is 4.63. The summed E-state index contributed by atoms with van der Waals surface area (Å²) in [4.78, 5) is 18.4. The Labute approximate surface area is 154 Å². The molecule has 0 saturated heterocycles. The molecule has 0 atom stereocenters. The third kappa shape index (κ3) is 5.08. The number of halogens is 1. The van der Waals surface area contributed by atoms with E-state index in [-0.39, 0.29) is 12.3 Å². The lowest BCUT2D eigenvalue weighted by Gasteiger charge is -2.14. The molecule has 3 rings (SSSR count). The highest BCUT2D eigenvalue weighted by atomic mass is 35.5. The van der Waals surface area contributed by atoms with E-state index in [1.54, 1.807) is 36.4 Å². The molecule has 0 unspecified atom stereocenters. The summed E-state index contributed by atoms with van der Waals surface area (Å²) >= 11 is 7.32. The van der Waals surface area contributed by atoms with E-state index in [0.717, 1.165) is 22.2 Å². The van der Waals surface area contributed by atoms with E-state index < -0.39 is 0 Å². The number of nitrogens with zero attached hydrogens (tertiary/aromatic N) is 2. The van der Waals surface area contributed by atoms with Crippen molar-refractivity contribution >= 4 is 28.8 Å². The number of furan rings is 1. The number of benzene rings is 1. The molecule has 130 valence electrons. The van der Waals surface area contributed by atoms with Crippen LogP contribution in [-0.4, -0.2) is 22.8 Å². The molecule has 5 nitrogen and oxygen atoms in total. The molecule has 1 amide bonds. The first-order chi connectivity index (χ1) is 12.1. The maximum absolute atomic E-state index is 12.3. The van der Waals surface area contributed by atoms with Crippen LogP contribution in [0.5, 0.6) is 5.75 Å². The third-order valence-electron chi connectivity index (χ3n) is 3.51. The first-order valence-electron chi connectivity index (χ1n) is 7.68. The fourth-order valence-electron chi connectivity index (χ4n) is 2.19. The van der Waals surface area contributed by atoms with Crippen LogP contribution in [0.25, 0.3) is 0 Å². The molecule has 0 aliphatic carbocycles. The topological polar surface area (TPSA) is 55.6 Å². The van der Waals surface area contributed by atoms with Crippen molar-refractivity contribution in [2.24, 2.45) is 0 Å². The maximum Gasteiger partial charge on any atom is 0.228 e. The van der Waals surface area contributed by atoms with Crippen LogP contribution < -0.4 is 4.74 Å². The number of carbonyl (C=O) groups excluding carboxylic acids is 1. The van der Waals surface area contributed by atoms with E-state index in [4.69, 9.17) is 20.8 Å². The Morgan fingerprint density at radius 1 is 1.32 bits per heavy atom. The van der Waals surface area contributed by atoms with Gasteiger partial charge in [-0.15, -0.1) is 11.3 Å². The smallest absolute Gasteiger partial charge is 0.228 e. The summed E-state index contributed by atoms with van der Waals surface area (Å²) in [6, 6.07) is 10.8. The molecule has 0 spiro atoms. The lowest BCUT2D eigenvalue weighted by molar-refractivity contribution is -0.129.